The molecular weight excluding hydrogens is 344 g/mol. The van der Waals surface area contributed by atoms with Crippen molar-refractivity contribution in [3.63, 3.8) is 0 Å². The summed E-state index contributed by atoms with van der Waals surface area (Å²) >= 11 is 1.50. The van der Waals surface area contributed by atoms with Crippen molar-refractivity contribution in [2.24, 2.45) is 0 Å². The lowest BCUT2D eigenvalue weighted by atomic mass is 10.1. The van der Waals surface area contributed by atoms with Gasteiger partial charge in [-0.3, -0.25) is 9.59 Å². The van der Waals surface area contributed by atoms with Gasteiger partial charge in [-0.15, -0.1) is 11.8 Å². The van der Waals surface area contributed by atoms with Crippen LogP contribution in [0.3, 0.4) is 0 Å². The van der Waals surface area contributed by atoms with Gasteiger partial charge < -0.3 is 10.2 Å². The van der Waals surface area contributed by atoms with Crippen LogP contribution < -0.4 is 5.32 Å². The van der Waals surface area contributed by atoms with E-state index in [-0.39, 0.29) is 11.8 Å². The van der Waals surface area contributed by atoms with E-state index in [1.54, 1.807) is 11.9 Å². The van der Waals surface area contributed by atoms with E-state index in [2.05, 4.69) is 5.32 Å². The van der Waals surface area contributed by atoms with Gasteiger partial charge in [0.25, 0.3) is 0 Å². The Bertz CT molecular complexity index is 734. The zero-order chi connectivity index (χ0) is 18.9. The summed E-state index contributed by atoms with van der Waals surface area (Å²) in [5.74, 6) is 0.153. The van der Waals surface area contributed by atoms with Gasteiger partial charge in [0.05, 0.1) is 5.75 Å². The van der Waals surface area contributed by atoms with E-state index in [9.17, 15) is 9.59 Å². The van der Waals surface area contributed by atoms with Crippen molar-refractivity contribution >= 4 is 23.6 Å². The topological polar surface area (TPSA) is 49.4 Å². The number of amides is 2. The molecule has 0 unspecified atom stereocenters. The lowest BCUT2D eigenvalue weighted by Gasteiger charge is -2.30. The standard InChI is InChI=1S/C21H26N2O2S/c1-4-19(21(25)22-3)23(14-17-11-9-8-10-16(17)2)20(24)15-26-18-12-6-5-7-13-18/h5-13,19H,4,14-15H2,1-3H3,(H,22,25)/t19-/m1/s1. The molecular formula is C21H26N2O2S. The molecule has 0 radical (unpaired) electrons. The minimum atomic E-state index is -0.469. The van der Waals surface area contributed by atoms with Gasteiger partial charge in [-0.1, -0.05) is 49.4 Å². The number of hydrogen-bond donors (Lipinski definition) is 1. The molecule has 1 N–H and O–H groups in total. The van der Waals surface area contributed by atoms with Gasteiger partial charge in [-0.2, -0.15) is 0 Å². The largest absolute Gasteiger partial charge is 0.357 e. The molecule has 2 aromatic carbocycles. The van der Waals surface area contributed by atoms with Gasteiger partial charge in [0.15, 0.2) is 0 Å². The first-order valence-electron chi connectivity index (χ1n) is 8.80. The summed E-state index contributed by atoms with van der Waals surface area (Å²) in [6.07, 6.45) is 0.577. The smallest absolute Gasteiger partial charge is 0.242 e. The average Bonchev–Trinajstić information content (AvgIpc) is 2.67. The van der Waals surface area contributed by atoms with Crippen LogP contribution in [-0.2, 0) is 16.1 Å². The van der Waals surface area contributed by atoms with Gasteiger partial charge in [-0.25, -0.2) is 0 Å². The second kappa shape index (κ2) is 10.0. The number of carbonyl (C=O) groups is 2. The minimum absolute atomic E-state index is 0.0300. The third-order valence-electron chi connectivity index (χ3n) is 4.34. The van der Waals surface area contributed by atoms with Crippen LogP contribution in [0, 0.1) is 6.92 Å². The molecule has 26 heavy (non-hydrogen) atoms. The molecule has 0 aromatic heterocycles. The first-order valence-corrected chi connectivity index (χ1v) is 9.78. The SMILES string of the molecule is CC[C@H](C(=O)NC)N(Cc1ccccc1C)C(=O)CSc1ccccc1. The summed E-state index contributed by atoms with van der Waals surface area (Å²) < 4.78 is 0. The quantitative estimate of drug-likeness (QED) is 0.722. The van der Waals surface area contributed by atoms with Gasteiger partial charge in [-0.05, 0) is 36.6 Å². The summed E-state index contributed by atoms with van der Waals surface area (Å²) in [6, 6.07) is 17.3. The summed E-state index contributed by atoms with van der Waals surface area (Å²) in [5.41, 5.74) is 2.18. The van der Waals surface area contributed by atoms with Crippen LogP contribution in [-0.4, -0.2) is 35.6 Å². The molecule has 0 spiro atoms. The summed E-state index contributed by atoms with van der Waals surface area (Å²) in [6.45, 7) is 4.40. The molecule has 4 nitrogen and oxygen atoms in total. The maximum Gasteiger partial charge on any atom is 0.242 e. The summed E-state index contributed by atoms with van der Waals surface area (Å²) in [4.78, 5) is 28.1. The highest BCUT2D eigenvalue weighted by atomic mass is 32.2. The molecule has 138 valence electrons. The molecule has 2 amide bonds. The molecule has 5 heteroatoms. The fourth-order valence-electron chi connectivity index (χ4n) is 2.80. The maximum atomic E-state index is 13.0. The van der Waals surface area contributed by atoms with Crippen LogP contribution in [0.5, 0.6) is 0 Å². The van der Waals surface area contributed by atoms with Crippen LogP contribution in [0.15, 0.2) is 59.5 Å². The summed E-state index contributed by atoms with van der Waals surface area (Å²) in [5, 5.41) is 2.69. The number of aryl methyl sites for hydroxylation is 1. The number of thioether (sulfide) groups is 1. The zero-order valence-electron chi connectivity index (χ0n) is 15.6. The van der Waals surface area contributed by atoms with Gasteiger partial charge in [0.2, 0.25) is 11.8 Å². The third-order valence-corrected chi connectivity index (χ3v) is 5.34. The first kappa shape index (κ1) is 20.0. The Morgan fingerprint density at radius 1 is 1.08 bits per heavy atom. The van der Waals surface area contributed by atoms with Crippen molar-refractivity contribution < 1.29 is 9.59 Å². The van der Waals surface area contributed by atoms with Crippen LogP contribution >= 0.6 is 11.8 Å². The Labute approximate surface area is 160 Å². The fourth-order valence-corrected chi connectivity index (χ4v) is 3.61. The minimum Gasteiger partial charge on any atom is -0.357 e. The second-order valence-corrected chi connectivity index (χ2v) is 7.14. The second-order valence-electron chi connectivity index (χ2n) is 6.09. The molecule has 0 aliphatic rings. The maximum absolute atomic E-state index is 13.0. The van der Waals surface area contributed by atoms with Crippen molar-refractivity contribution in [3.8, 4) is 0 Å². The Balaban J connectivity index is 2.19. The zero-order valence-corrected chi connectivity index (χ0v) is 16.4. The van der Waals surface area contributed by atoms with Crippen molar-refractivity contribution in [3.05, 3.63) is 65.7 Å². The summed E-state index contributed by atoms with van der Waals surface area (Å²) in [7, 11) is 1.61. The van der Waals surface area contributed by atoms with E-state index in [1.807, 2.05) is 68.4 Å². The molecule has 2 rings (SSSR count). The van der Waals surface area contributed by atoms with Crippen molar-refractivity contribution in [2.45, 2.75) is 37.8 Å². The molecule has 2 aromatic rings. The molecule has 0 bridgehead atoms. The van der Waals surface area contributed by atoms with E-state index in [0.29, 0.717) is 18.7 Å². The number of carbonyl (C=O) groups excluding carboxylic acids is 2. The van der Waals surface area contributed by atoms with Crippen LogP contribution in [0.25, 0.3) is 0 Å². The monoisotopic (exact) mass is 370 g/mol. The number of benzene rings is 2. The van der Waals surface area contributed by atoms with E-state index in [1.165, 1.54) is 11.8 Å². The van der Waals surface area contributed by atoms with Crippen molar-refractivity contribution in [1.82, 2.24) is 10.2 Å². The lowest BCUT2D eigenvalue weighted by molar-refractivity contribution is -0.139. The molecule has 0 saturated heterocycles. The predicted molar refractivity (Wildman–Crippen MR) is 107 cm³/mol. The highest BCUT2D eigenvalue weighted by Crippen LogP contribution is 2.21. The Hall–Kier alpha value is -2.27. The van der Waals surface area contributed by atoms with E-state index in [4.69, 9.17) is 0 Å². The molecule has 0 saturated carbocycles. The van der Waals surface area contributed by atoms with E-state index in [0.717, 1.165) is 16.0 Å². The molecule has 0 heterocycles. The molecule has 1 atom stereocenters. The molecule has 0 fully saturated rings. The van der Waals surface area contributed by atoms with Gasteiger partial charge in [0.1, 0.15) is 6.04 Å². The van der Waals surface area contributed by atoms with E-state index >= 15 is 0 Å². The highest BCUT2D eigenvalue weighted by Gasteiger charge is 2.28. The van der Waals surface area contributed by atoms with Crippen LogP contribution in [0.4, 0.5) is 0 Å². The molecule has 0 aliphatic heterocycles. The first-order chi connectivity index (χ1) is 12.6. The number of nitrogens with zero attached hydrogens (tertiary/aromatic N) is 1. The normalized spacial score (nSPS) is 11.7. The Kier molecular flexibility index (Phi) is 7.73. The number of likely N-dealkylation sites (N-methyl/N-ethyl adjacent to an activating group) is 1. The van der Waals surface area contributed by atoms with Crippen LogP contribution in [0.1, 0.15) is 24.5 Å². The number of rotatable bonds is 8. The van der Waals surface area contributed by atoms with Crippen molar-refractivity contribution in [1.29, 1.82) is 0 Å². The van der Waals surface area contributed by atoms with Crippen LogP contribution in [0.2, 0.25) is 0 Å². The van der Waals surface area contributed by atoms with Gasteiger partial charge in [0, 0.05) is 18.5 Å². The molecule has 0 aliphatic carbocycles. The third kappa shape index (κ3) is 5.36. The lowest BCUT2D eigenvalue weighted by Crippen LogP contribution is -2.48. The Morgan fingerprint density at radius 3 is 2.35 bits per heavy atom. The van der Waals surface area contributed by atoms with Gasteiger partial charge >= 0.3 is 0 Å². The Morgan fingerprint density at radius 2 is 1.73 bits per heavy atom. The fraction of sp³-hybridized carbons (Fsp3) is 0.333. The number of nitrogens with one attached hydrogen (secondary N) is 1. The number of hydrogen-bond acceptors (Lipinski definition) is 3. The average molecular weight is 371 g/mol. The highest BCUT2D eigenvalue weighted by molar-refractivity contribution is 8.00. The van der Waals surface area contributed by atoms with Crippen molar-refractivity contribution in [2.75, 3.05) is 12.8 Å². The van der Waals surface area contributed by atoms with E-state index < -0.39 is 6.04 Å². The predicted octanol–water partition coefficient (Wildman–Crippen LogP) is 3.64.